The molecule has 7 nitrogen and oxygen atoms in total. The maximum absolute atomic E-state index is 11.5. The van der Waals surface area contributed by atoms with Crippen molar-refractivity contribution in [2.75, 3.05) is 22.1 Å². The van der Waals surface area contributed by atoms with Crippen molar-refractivity contribution >= 4 is 50.5 Å². The summed E-state index contributed by atoms with van der Waals surface area (Å²) in [5, 5.41) is 14.7. The maximum Gasteiger partial charge on any atom is 0.249 e. The predicted molar refractivity (Wildman–Crippen MR) is 90.3 cm³/mol. The highest BCUT2D eigenvalue weighted by atomic mass is 35.5. The molecule has 0 bridgehead atoms. The van der Waals surface area contributed by atoms with Crippen molar-refractivity contribution < 1.29 is 8.42 Å². The first-order valence-electron chi connectivity index (χ1n) is 6.80. The third kappa shape index (κ3) is 4.21. The molecule has 1 aliphatic rings. The SMILES string of the molecule is O=S1(=O)CCC(Nc2cnnc(Nc3ccc(Cl)cc3Cl)n2)C1. The van der Waals surface area contributed by atoms with E-state index in [1.54, 1.807) is 18.2 Å². The van der Waals surface area contributed by atoms with E-state index in [-0.39, 0.29) is 23.5 Å². The van der Waals surface area contributed by atoms with Gasteiger partial charge >= 0.3 is 0 Å². The van der Waals surface area contributed by atoms with E-state index >= 15 is 0 Å². The molecule has 3 rings (SSSR count). The van der Waals surface area contributed by atoms with Gasteiger partial charge < -0.3 is 10.6 Å². The lowest BCUT2D eigenvalue weighted by molar-refractivity contribution is 0.602. The lowest BCUT2D eigenvalue weighted by Crippen LogP contribution is -2.21. The third-order valence-corrected chi connectivity index (χ3v) is 5.64. The molecule has 1 atom stereocenters. The van der Waals surface area contributed by atoms with Gasteiger partial charge in [0.25, 0.3) is 0 Å². The van der Waals surface area contributed by atoms with Gasteiger partial charge in [-0.25, -0.2) is 8.42 Å². The van der Waals surface area contributed by atoms with Gasteiger partial charge in [-0.05, 0) is 24.6 Å². The number of nitrogens with zero attached hydrogens (tertiary/aromatic N) is 3. The van der Waals surface area contributed by atoms with E-state index in [4.69, 9.17) is 23.2 Å². The zero-order valence-electron chi connectivity index (χ0n) is 11.8. The van der Waals surface area contributed by atoms with Crippen LogP contribution in [0.3, 0.4) is 0 Å². The normalized spacial score (nSPS) is 19.5. The summed E-state index contributed by atoms with van der Waals surface area (Å²) in [4.78, 5) is 4.26. The summed E-state index contributed by atoms with van der Waals surface area (Å²) in [5.41, 5.74) is 0.596. The maximum atomic E-state index is 11.5. The second-order valence-corrected chi connectivity index (χ2v) is 8.23. The fourth-order valence-electron chi connectivity index (χ4n) is 2.26. The Morgan fingerprint density at radius 1 is 1.26 bits per heavy atom. The van der Waals surface area contributed by atoms with E-state index in [1.807, 2.05) is 0 Å². The molecule has 2 heterocycles. The first-order chi connectivity index (χ1) is 10.9. The standard InChI is InChI=1S/C13H13Cl2N5O2S/c14-8-1-2-11(10(15)5-8)18-13-19-12(6-16-20-13)17-9-3-4-23(21,22)7-9/h1-2,5-6,9H,3-4,7H2,(H2,17,18,19,20). The molecule has 2 aromatic rings. The van der Waals surface area contributed by atoms with E-state index in [0.29, 0.717) is 28.0 Å². The van der Waals surface area contributed by atoms with Gasteiger partial charge in [-0.15, -0.1) is 5.10 Å². The van der Waals surface area contributed by atoms with Gasteiger partial charge in [0.2, 0.25) is 5.95 Å². The summed E-state index contributed by atoms with van der Waals surface area (Å²) in [6, 6.07) is 4.83. The van der Waals surface area contributed by atoms with E-state index in [0.717, 1.165) is 0 Å². The molecule has 1 saturated heterocycles. The highest BCUT2D eigenvalue weighted by molar-refractivity contribution is 7.91. The van der Waals surface area contributed by atoms with Gasteiger partial charge in [0.1, 0.15) is 0 Å². The van der Waals surface area contributed by atoms with Crippen LogP contribution in [0.1, 0.15) is 6.42 Å². The molecule has 0 spiro atoms. The second kappa shape index (κ2) is 6.46. The quantitative estimate of drug-likeness (QED) is 0.849. The molecular weight excluding hydrogens is 361 g/mol. The molecule has 1 unspecified atom stereocenters. The van der Waals surface area contributed by atoms with Crippen molar-refractivity contribution in [1.29, 1.82) is 0 Å². The Labute approximate surface area is 143 Å². The summed E-state index contributed by atoms with van der Waals surface area (Å²) >= 11 is 11.9. The first-order valence-corrected chi connectivity index (χ1v) is 9.38. The van der Waals surface area contributed by atoms with Crippen LogP contribution in [0.2, 0.25) is 10.0 Å². The number of nitrogens with one attached hydrogen (secondary N) is 2. The van der Waals surface area contributed by atoms with Gasteiger partial charge in [0, 0.05) is 11.1 Å². The Kier molecular flexibility index (Phi) is 4.56. The molecule has 0 saturated carbocycles. The fourth-order valence-corrected chi connectivity index (χ4v) is 4.38. The van der Waals surface area contributed by atoms with Crippen LogP contribution in [0.4, 0.5) is 17.5 Å². The van der Waals surface area contributed by atoms with Gasteiger partial charge in [0.05, 0.1) is 28.4 Å². The minimum Gasteiger partial charge on any atom is -0.365 e. The molecule has 1 aliphatic heterocycles. The molecule has 122 valence electrons. The third-order valence-electron chi connectivity index (χ3n) is 3.32. The molecule has 0 radical (unpaired) electrons. The Morgan fingerprint density at radius 2 is 2.09 bits per heavy atom. The van der Waals surface area contributed by atoms with Crippen molar-refractivity contribution in [3.63, 3.8) is 0 Å². The van der Waals surface area contributed by atoms with Gasteiger partial charge in [-0.3, -0.25) is 0 Å². The van der Waals surface area contributed by atoms with Crippen LogP contribution in [-0.2, 0) is 9.84 Å². The van der Waals surface area contributed by atoms with Crippen LogP contribution < -0.4 is 10.6 Å². The summed E-state index contributed by atoms with van der Waals surface area (Å²) in [6.07, 6.45) is 2.00. The van der Waals surface area contributed by atoms with Crippen molar-refractivity contribution in [3.05, 3.63) is 34.4 Å². The molecule has 2 N–H and O–H groups in total. The van der Waals surface area contributed by atoms with Crippen LogP contribution in [0, 0.1) is 0 Å². The molecule has 1 aromatic carbocycles. The summed E-state index contributed by atoms with van der Waals surface area (Å²) in [7, 11) is -2.96. The van der Waals surface area contributed by atoms with Crippen molar-refractivity contribution in [3.8, 4) is 0 Å². The highest BCUT2D eigenvalue weighted by Crippen LogP contribution is 2.27. The van der Waals surface area contributed by atoms with Gasteiger partial charge in [-0.1, -0.05) is 23.2 Å². The van der Waals surface area contributed by atoms with Crippen LogP contribution in [-0.4, -0.2) is 41.1 Å². The monoisotopic (exact) mass is 373 g/mol. The summed E-state index contributed by atoms with van der Waals surface area (Å²) in [5.74, 6) is 0.993. The Morgan fingerprint density at radius 3 is 2.78 bits per heavy atom. The molecule has 10 heteroatoms. The van der Waals surface area contributed by atoms with Crippen LogP contribution in [0.15, 0.2) is 24.4 Å². The van der Waals surface area contributed by atoms with Crippen molar-refractivity contribution in [1.82, 2.24) is 15.2 Å². The molecule has 1 aromatic heterocycles. The Hall–Kier alpha value is -1.64. The van der Waals surface area contributed by atoms with Crippen LogP contribution >= 0.6 is 23.2 Å². The molecule has 1 fully saturated rings. The Bertz CT molecular complexity index is 831. The lowest BCUT2D eigenvalue weighted by Gasteiger charge is -2.12. The topological polar surface area (TPSA) is 96.9 Å². The van der Waals surface area contributed by atoms with Gasteiger partial charge in [0.15, 0.2) is 15.7 Å². The number of hydrogen-bond acceptors (Lipinski definition) is 7. The number of benzene rings is 1. The summed E-state index contributed by atoms with van der Waals surface area (Å²) in [6.45, 7) is 0. The Balaban J connectivity index is 1.72. The van der Waals surface area contributed by atoms with Crippen molar-refractivity contribution in [2.24, 2.45) is 0 Å². The smallest absolute Gasteiger partial charge is 0.249 e. The second-order valence-electron chi connectivity index (χ2n) is 5.16. The average molecular weight is 374 g/mol. The van der Waals surface area contributed by atoms with E-state index in [2.05, 4.69) is 25.8 Å². The molecule has 0 amide bonds. The minimum atomic E-state index is -2.96. The fraction of sp³-hybridized carbons (Fsp3) is 0.308. The van der Waals surface area contributed by atoms with E-state index in [9.17, 15) is 8.42 Å². The number of anilines is 3. The minimum absolute atomic E-state index is 0.1000. The number of halogens is 2. The lowest BCUT2D eigenvalue weighted by atomic mass is 10.3. The van der Waals surface area contributed by atoms with E-state index < -0.39 is 9.84 Å². The van der Waals surface area contributed by atoms with E-state index in [1.165, 1.54) is 6.20 Å². The number of rotatable bonds is 4. The van der Waals surface area contributed by atoms with Crippen LogP contribution in [0.25, 0.3) is 0 Å². The van der Waals surface area contributed by atoms with Crippen molar-refractivity contribution in [2.45, 2.75) is 12.5 Å². The van der Waals surface area contributed by atoms with Gasteiger partial charge in [-0.2, -0.15) is 10.1 Å². The molecule has 23 heavy (non-hydrogen) atoms. The number of hydrogen-bond donors (Lipinski definition) is 2. The predicted octanol–water partition coefficient (Wildman–Crippen LogP) is 2.52. The summed E-state index contributed by atoms with van der Waals surface area (Å²) < 4.78 is 23.0. The van der Waals surface area contributed by atoms with Crippen LogP contribution in [0.5, 0.6) is 0 Å². The molecule has 0 aliphatic carbocycles. The molecular formula is C13H13Cl2N5O2S. The highest BCUT2D eigenvalue weighted by Gasteiger charge is 2.28. The number of sulfone groups is 1. The number of aromatic nitrogens is 3. The zero-order valence-corrected chi connectivity index (χ0v) is 14.2. The average Bonchev–Trinajstić information content (AvgIpc) is 2.81. The zero-order chi connectivity index (χ0) is 16.4. The first kappa shape index (κ1) is 16.2. The largest absolute Gasteiger partial charge is 0.365 e.